The fourth-order valence-corrected chi connectivity index (χ4v) is 10.9. The highest BCUT2D eigenvalue weighted by atomic mass is 16.4. The van der Waals surface area contributed by atoms with Crippen molar-refractivity contribution in [1.29, 1.82) is 0 Å². The van der Waals surface area contributed by atoms with Crippen LogP contribution in [0.1, 0.15) is 205 Å². The molecule has 0 saturated heterocycles. The van der Waals surface area contributed by atoms with Crippen LogP contribution in [0.25, 0.3) is 0 Å². The van der Waals surface area contributed by atoms with Gasteiger partial charge in [-0.05, 0) is 104 Å². The van der Waals surface area contributed by atoms with Crippen LogP contribution in [-0.4, -0.2) is 33.5 Å². The van der Waals surface area contributed by atoms with Crippen LogP contribution in [0.2, 0.25) is 0 Å². The average Bonchev–Trinajstić information content (AvgIpc) is 3.47. The fraction of sp³-hybridized carbons (Fsp3) is 0.889. The molecule has 3 fully saturated rings. The number of fused-ring (bicyclic) bond motifs is 5. The summed E-state index contributed by atoms with van der Waals surface area (Å²) < 4.78 is 54.4. The van der Waals surface area contributed by atoms with Gasteiger partial charge in [-0.2, -0.15) is 0 Å². The van der Waals surface area contributed by atoms with Crippen molar-refractivity contribution in [2.45, 2.75) is 208 Å². The maximum atomic E-state index is 11.3. The average molecular weight is 692 g/mol. The third-order valence-electron chi connectivity index (χ3n) is 13.7. The Bertz CT molecular complexity index is 1230. The van der Waals surface area contributed by atoms with E-state index in [0.29, 0.717) is 36.5 Å². The second-order valence-electron chi connectivity index (χ2n) is 17.1. The van der Waals surface area contributed by atoms with Crippen LogP contribution in [0.5, 0.6) is 0 Å². The topological polar surface area (TPSA) is 77.8 Å². The number of aliphatic hydroxyl groups excluding tert-OH is 2. The lowest BCUT2D eigenvalue weighted by molar-refractivity contribution is -0.131. The quantitative estimate of drug-likeness (QED) is 0.0674. The number of unbranched alkanes of at least 4 members (excludes halogenated alkanes) is 13. The minimum absolute atomic E-state index is 0.0656. The van der Waals surface area contributed by atoms with Gasteiger partial charge in [-0.15, -0.1) is 0 Å². The summed E-state index contributed by atoms with van der Waals surface area (Å²) in [5, 5.41) is 30.0. The van der Waals surface area contributed by atoms with Crippen molar-refractivity contribution in [3.8, 4) is 0 Å². The van der Waals surface area contributed by atoms with E-state index in [-0.39, 0.29) is 29.3 Å². The number of carbonyl (C=O) groups is 1. The molecule has 9 atom stereocenters. The molecule has 0 aromatic rings. The first-order valence-corrected chi connectivity index (χ1v) is 20.7. The summed E-state index contributed by atoms with van der Waals surface area (Å²) in [5.74, 6) is -1.41. The van der Waals surface area contributed by atoms with E-state index in [4.69, 9.17) is 14.7 Å². The van der Waals surface area contributed by atoms with Gasteiger partial charge in [0.25, 0.3) is 0 Å². The van der Waals surface area contributed by atoms with Crippen molar-refractivity contribution < 1.29 is 29.7 Å². The van der Waals surface area contributed by atoms with E-state index in [2.05, 4.69) is 33.8 Å². The first-order chi connectivity index (χ1) is 26.2. The highest BCUT2D eigenvalue weighted by molar-refractivity contribution is 5.79. The molecule has 4 aliphatic rings. The molecule has 4 aliphatic carbocycles. The van der Waals surface area contributed by atoms with Crippen molar-refractivity contribution in [2.24, 2.45) is 46.3 Å². The zero-order valence-electron chi connectivity index (χ0n) is 39.0. The molecule has 0 aliphatic heterocycles. The van der Waals surface area contributed by atoms with E-state index in [1.807, 2.05) is 0 Å². The highest BCUT2D eigenvalue weighted by Crippen LogP contribution is 2.67. The summed E-state index contributed by atoms with van der Waals surface area (Å²) >= 11 is 0. The van der Waals surface area contributed by atoms with Crippen molar-refractivity contribution >= 4 is 5.97 Å². The van der Waals surface area contributed by atoms with Crippen LogP contribution in [0.4, 0.5) is 0 Å². The maximum Gasteiger partial charge on any atom is 0.327 e. The SMILES string of the molecule is CCCCCCCCCCCCCCCC=CC(=O)O.[2H]C([2H])([2H])C([2H])(CCC[C@@H](C)[C@H]1CC[C@H]2[C@@H]3[C@H](O)C=C4CC(O)CC[C@]4(C)[C@H]3CC[C@]12C)C([2H])([2H])[2H]. The van der Waals surface area contributed by atoms with Gasteiger partial charge in [0.15, 0.2) is 0 Å². The predicted octanol–water partition coefficient (Wildman–Crippen LogP) is 12.5. The van der Waals surface area contributed by atoms with Crippen LogP contribution in [0, 0.1) is 46.3 Å². The van der Waals surface area contributed by atoms with Gasteiger partial charge in [0.05, 0.1) is 12.2 Å². The van der Waals surface area contributed by atoms with Gasteiger partial charge in [-0.3, -0.25) is 0 Å². The number of aliphatic carboxylic acids is 1. The van der Waals surface area contributed by atoms with E-state index in [9.17, 15) is 15.0 Å². The molecule has 4 nitrogen and oxygen atoms in total. The molecule has 4 rings (SSSR count). The van der Waals surface area contributed by atoms with Gasteiger partial charge in [-0.25, -0.2) is 4.79 Å². The molecule has 0 bridgehead atoms. The summed E-state index contributed by atoms with van der Waals surface area (Å²) in [6, 6.07) is 0. The Kier molecular flexibility index (Phi) is 14.2. The third kappa shape index (κ3) is 12.5. The largest absolute Gasteiger partial charge is 0.478 e. The zero-order chi connectivity index (χ0) is 41.8. The molecule has 0 amide bonds. The molecule has 284 valence electrons. The van der Waals surface area contributed by atoms with E-state index < -0.39 is 31.7 Å². The Labute approximate surface area is 313 Å². The molecule has 0 heterocycles. The van der Waals surface area contributed by atoms with Crippen LogP contribution < -0.4 is 0 Å². The summed E-state index contributed by atoms with van der Waals surface area (Å²) in [7, 11) is 0. The lowest BCUT2D eigenvalue weighted by Crippen LogP contribution is -2.54. The molecule has 0 aromatic heterocycles. The number of hydrogen-bond acceptors (Lipinski definition) is 3. The summed E-state index contributed by atoms with van der Waals surface area (Å²) in [6.07, 6.45) is 30.7. The van der Waals surface area contributed by atoms with Gasteiger partial charge < -0.3 is 15.3 Å². The molecule has 49 heavy (non-hydrogen) atoms. The molecule has 4 heteroatoms. The minimum atomic E-state index is -2.85. The van der Waals surface area contributed by atoms with E-state index >= 15 is 0 Å². The highest BCUT2D eigenvalue weighted by Gasteiger charge is 2.61. The van der Waals surface area contributed by atoms with E-state index in [1.165, 1.54) is 88.7 Å². The normalized spacial score (nSPS) is 35.8. The lowest BCUT2D eigenvalue weighted by atomic mass is 9.46. The molecular weight excluding hydrogens is 604 g/mol. The molecule has 1 unspecified atom stereocenters. The van der Waals surface area contributed by atoms with Gasteiger partial charge >= 0.3 is 5.97 Å². The standard InChI is InChI=1S/C27H46O2.C18H34O2/c1-17(2)7-6-8-18(3)21-9-10-22-25-23(12-14-27(21,22)5)26(4)13-11-20(28)15-19(26)16-24(25)29;1-2-3-4-5-6-7-8-9-10-11-12-13-14-15-16-17-18(19)20/h16-18,20-25,28-29H,6-15H2,1-5H3;16-17H,2-15H2,1H3,(H,19,20)/t18-,20?,21-,22+,23+,24-,25+,26+,27-;/m1./s1/i1D3,2D3,17D;. The Morgan fingerprint density at radius 1 is 0.878 bits per heavy atom. The number of rotatable bonds is 20. The van der Waals surface area contributed by atoms with Gasteiger partial charge in [0, 0.05) is 15.7 Å². The molecule has 0 aromatic carbocycles. The van der Waals surface area contributed by atoms with Gasteiger partial charge in [-0.1, -0.05) is 155 Å². The van der Waals surface area contributed by atoms with Crippen LogP contribution in [0.15, 0.2) is 23.8 Å². The lowest BCUT2D eigenvalue weighted by Gasteiger charge is -2.59. The van der Waals surface area contributed by atoms with E-state index in [1.54, 1.807) is 6.08 Å². The molecular formula is C45H80O4. The van der Waals surface area contributed by atoms with Crippen LogP contribution in [0.3, 0.4) is 0 Å². The Hall–Kier alpha value is -1.13. The minimum Gasteiger partial charge on any atom is -0.478 e. The Morgan fingerprint density at radius 3 is 2.12 bits per heavy atom. The maximum absolute atomic E-state index is 11.3. The number of allylic oxidation sites excluding steroid dienone is 1. The van der Waals surface area contributed by atoms with Crippen LogP contribution in [-0.2, 0) is 4.79 Å². The third-order valence-corrected chi connectivity index (χ3v) is 13.7. The summed E-state index contributed by atoms with van der Waals surface area (Å²) in [4.78, 5) is 10.2. The van der Waals surface area contributed by atoms with E-state index in [0.717, 1.165) is 57.8 Å². The molecule has 0 spiro atoms. The van der Waals surface area contributed by atoms with Gasteiger partial charge in [0.2, 0.25) is 0 Å². The zero-order valence-corrected chi connectivity index (χ0v) is 32.0. The number of hydrogen-bond donors (Lipinski definition) is 3. The Balaban J connectivity index is 0.000000359. The monoisotopic (exact) mass is 692 g/mol. The first-order valence-electron chi connectivity index (χ1n) is 24.2. The Morgan fingerprint density at radius 2 is 1.51 bits per heavy atom. The number of aliphatic hydroxyl groups is 2. The van der Waals surface area contributed by atoms with Crippen molar-refractivity contribution in [3.63, 3.8) is 0 Å². The first kappa shape index (κ1) is 32.5. The smallest absolute Gasteiger partial charge is 0.327 e. The molecule has 3 saturated carbocycles. The summed E-state index contributed by atoms with van der Waals surface area (Å²) in [6.45, 7) is 3.52. The molecule has 3 N–H and O–H groups in total. The fourth-order valence-electron chi connectivity index (χ4n) is 10.9. The van der Waals surface area contributed by atoms with Crippen LogP contribution >= 0.6 is 0 Å². The molecule has 0 radical (unpaired) electrons. The second-order valence-corrected chi connectivity index (χ2v) is 17.1. The number of carboxylic acids is 1. The van der Waals surface area contributed by atoms with Crippen molar-refractivity contribution in [1.82, 2.24) is 0 Å². The van der Waals surface area contributed by atoms with Gasteiger partial charge in [0.1, 0.15) is 0 Å². The van der Waals surface area contributed by atoms with Crippen molar-refractivity contribution in [3.05, 3.63) is 23.8 Å². The predicted molar refractivity (Wildman–Crippen MR) is 208 cm³/mol. The number of carboxylic acid groups (broad SMARTS) is 1. The summed E-state index contributed by atoms with van der Waals surface area (Å²) in [5.41, 5.74) is 1.42. The van der Waals surface area contributed by atoms with Crippen molar-refractivity contribution in [2.75, 3.05) is 0 Å². The second kappa shape index (κ2) is 21.4.